The van der Waals surface area contributed by atoms with E-state index in [2.05, 4.69) is 50.4 Å². The highest BCUT2D eigenvalue weighted by atomic mass is 16.5. The molecule has 3 heterocycles. The molecule has 222 valence electrons. The number of unbranched alkanes of at least 4 members (excludes halogenated alkanes) is 1. The summed E-state index contributed by atoms with van der Waals surface area (Å²) < 4.78 is 14.3. The van der Waals surface area contributed by atoms with Crippen molar-refractivity contribution in [1.29, 1.82) is 0 Å². The second-order valence-corrected chi connectivity index (χ2v) is 11.8. The minimum Gasteiger partial charge on any atom is -0.471 e. The number of rotatable bonds is 12. The van der Waals surface area contributed by atoms with E-state index in [1.54, 1.807) is 10.9 Å². The number of ether oxygens (including phenoxy) is 2. The number of nitrogens with two attached hydrogens (primary N) is 1. The lowest BCUT2D eigenvalue weighted by Gasteiger charge is -2.54. The molecule has 1 aliphatic rings. The van der Waals surface area contributed by atoms with Crippen LogP contribution in [0.4, 0.5) is 0 Å². The van der Waals surface area contributed by atoms with E-state index in [1.165, 1.54) is 0 Å². The molecule has 2 aromatic heterocycles. The SMILES string of the molecule is CCCCc1cc2ccccc2c(OCC[N+](C)(C)[C@@]2(Cc3ccc(-n4cccn4)cc3)CCOC(C(N)=O)[C@@H]2O)n1. The van der Waals surface area contributed by atoms with Crippen molar-refractivity contribution in [3.05, 3.63) is 84.3 Å². The normalized spacial score (nSPS) is 21.0. The van der Waals surface area contributed by atoms with E-state index in [0.717, 1.165) is 47.0 Å². The monoisotopic (exact) mass is 572 g/mol. The maximum Gasteiger partial charge on any atom is 0.249 e. The van der Waals surface area contributed by atoms with Crippen LogP contribution in [0, 0.1) is 0 Å². The molecule has 0 saturated carbocycles. The number of quaternary nitrogens is 1. The zero-order chi connectivity index (χ0) is 29.7. The Hall–Kier alpha value is -3.79. The van der Waals surface area contributed by atoms with Crippen molar-refractivity contribution in [2.45, 2.75) is 56.8 Å². The number of benzene rings is 2. The summed E-state index contributed by atoms with van der Waals surface area (Å²) in [5.41, 5.74) is 7.96. The van der Waals surface area contributed by atoms with E-state index < -0.39 is 23.7 Å². The highest BCUT2D eigenvalue weighted by Crippen LogP contribution is 2.38. The van der Waals surface area contributed by atoms with E-state index in [0.29, 0.717) is 43.0 Å². The fraction of sp³-hybridized carbons (Fsp3) is 0.424. The largest absolute Gasteiger partial charge is 0.471 e. The number of pyridine rings is 1. The Morgan fingerprint density at radius 3 is 2.69 bits per heavy atom. The number of aliphatic hydroxyl groups is 1. The summed E-state index contributed by atoms with van der Waals surface area (Å²) in [6.45, 7) is 3.46. The molecular weight excluding hydrogens is 530 g/mol. The molecule has 5 rings (SSSR count). The number of primary amides is 1. The van der Waals surface area contributed by atoms with Crippen LogP contribution >= 0.6 is 0 Å². The molecule has 0 radical (unpaired) electrons. The van der Waals surface area contributed by atoms with Crippen LogP contribution in [-0.2, 0) is 22.4 Å². The summed E-state index contributed by atoms with van der Waals surface area (Å²) in [5, 5.41) is 18.1. The smallest absolute Gasteiger partial charge is 0.249 e. The standard InChI is InChI=1S/C33H41N5O4/c1-4-5-10-26-22-25-9-6-7-11-28(25)32(36-26)42-21-19-38(2,3)33(16-20-41-29(30(33)39)31(34)40)23-24-12-14-27(15-13-24)37-18-8-17-35-37/h6-9,11-15,17-18,22,29-30,39H,4-5,10,16,19-21,23H2,1-3H3,(H-,34,40)/p+1/t29?,30-,33+/m0/s1. The Balaban J connectivity index is 1.40. The molecule has 1 aliphatic heterocycles. The van der Waals surface area contributed by atoms with Gasteiger partial charge in [-0.15, -0.1) is 0 Å². The van der Waals surface area contributed by atoms with Gasteiger partial charge in [-0.3, -0.25) is 4.79 Å². The topological polar surface area (TPSA) is 112 Å². The molecular formula is C33H42N5O4+. The Morgan fingerprint density at radius 1 is 1.19 bits per heavy atom. The first-order valence-electron chi connectivity index (χ1n) is 14.8. The van der Waals surface area contributed by atoms with Crippen LogP contribution < -0.4 is 10.5 Å². The molecule has 42 heavy (non-hydrogen) atoms. The number of fused-ring (bicyclic) bond motifs is 1. The number of hydrogen-bond acceptors (Lipinski definition) is 6. The quantitative estimate of drug-likeness (QED) is 0.250. The van der Waals surface area contributed by atoms with Crippen LogP contribution in [-0.4, -0.2) is 81.9 Å². The first-order chi connectivity index (χ1) is 20.2. The molecule has 0 aliphatic carbocycles. The summed E-state index contributed by atoms with van der Waals surface area (Å²) in [4.78, 5) is 17.2. The molecule has 9 nitrogen and oxygen atoms in total. The molecule has 1 amide bonds. The van der Waals surface area contributed by atoms with Crippen LogP contribution in [0.3, 0.4) is 0 Å². The Labute approximate surface area is 247 Å². The van der Waals surface area contributed by atoms with Crippen LogP contribution in [0.2, 0.25) is 0 Å². The van der Waals surface area contributed by atoms with E-state index in [4.69, 9.17) is 20.2 Å². The van der Waals surface area contributed by atoms with Gasteiger partial charge in [0, 0.05) is 36.3 Å². The van der Waals surface area contributed by atoms with Crippen molar-refractivity contribution in [3.8, 4) is 11.6 Å². The van der Waals surface area contributed by atoms with E-state index in [1.807, 2.05) is 42.6 Å². The second-order valence-electron chi connectivity index (χ2n) is 11.8. The predicted octanol–water partition coefficient (Wildman–Crippen LogP) is 3.83. The van der Waals surface area contributed by atoms with Crippen LogP contribution in [0.25, 0.3) is 16.5 Å². The predicted molar refractivity (Wildman–Crippen MR) is 162 cm³/mol. The summed E-state index contributed by atoms with van der Waals surface area (Å²) in [7, 11) is 4.16. The lowest BCUT2D eigenvalue weighted by Crippen LogP contribution is -2.73. The van der Waals surface area contributed by atoms with Gasteiger partial charge in [0.15, 0.2) is 6.10 Å². The van der Waals surface area contributed by atoms with Crippen molar-refractivity contribution < 1.29 is 23.9 Å². The lowest BCUT2D eigenvalue weighted by atomic mass is 9.75. The minimum atomic E-state index is -1.10. The van der Waals surface area contributed by atoms with Gasteiger partial charge in [0.25, 0.3) is 0 Å². The number of aliphatic hydroxyl groups excluding tert-OH is 1. The Morgan fingerprint density at radius 2 is 1.98 bits per heavy atom. The summed E-state index contributed by atoms with van der Waals surface area (Å²) in [6.07, 6.45) is 5.62. The molecule has 4 aromatic rings. The molecule has 1 fully saturated rings. The molecule has 1 saturated heterocycles. The number of nitrogens with zero attached hydrogens (tertiary/aromatic N) is 4. The molecule has 2 aromatic carbocycles. The van der Waals surface area contributed by atoms with Gasteiger partial charge in [0.2, 0.25) is 11.8 Å². The van der Waals surface area contributed by atoms with E-state index in [-0.39, 0.29) is 0 Å². The van der Waals surface area contributed by atoms with Gasteiger partial charge >= 0.3 is 0 Å². The number of aromatic nitrogens is 3. The lowest BCUT2D eigenvalue weighted by molar-refractivity contribution is -0.948. The molecule has 1 unspecified atom stereocenters. The number of carbonyl (C=O) groups excluding carboxylic acids is 1. The van der Waals surface area contributed by atoms with Gasteiger partial charge < -0.3 is 24.8 Å². The number of aryl methyl sites for hydroxylation is 1. The fourth-order valence-corrected chi connectivity index (χ4v) is 6.14. The van der Waals surface area contributed by atoms with Gasteiger partial charge in [-0.05, 0) is 54.1 Å². The maximum absolute atomic E-state index is 12.3. The third-order valence-electron chi connectivity index (χ3n) is 8.81. The maximum atomic E-state index is 12.3. The molecule has 3 atom stereocenters. The third-order valence-corrected chi connectivity index (χ3v) is 8.81. The van der Waals surface area contributed by atoms with Gasteiger partial charge in [-0.2, -0.15) is 5.10 Å². The Bertz CT molecular complexity index is 1490. The molecule has 0 spiro atoms. The highest BCUT2D eigenvalue weighted by molar-refractivity contribution is 5.87. The summed E-state index contributed by atoms with van der Waals surface area (Å²) in [6, 6.07) is 20.3. The van der Waals surface area contributed by atoms with Gasteiger partial charge in [-0.25, -0.2) is 9.67 Å². The summed E-state index contributed by atoms with van der Waals surface area (Å²) >= 11 is 0. The molecule has 3 N–H and O–H groups in total. The van der Waals surface area contributed by atoms with E-state index in [9.17, 15) is 9.90 Å². The first kappa shape index (κ1) is 29.7. The van der Waals surface area contributed by atoms with Crippen molar-refractivity contribution in [2.75, 3.05) is 33.9 Å². The first-order valence-corrected chi connectivity index (χ1v) is 14.8. The molecule has 0 bridgehead atoms. The zero-order valence-electron chi connectivity index (χ0n) is 24.8. The van der Waals surface area contributed by atoms with Crippen molar-refractivity contribution in [3.63, 3.8) is 0 Å². The fourth-order valence-electron chi connectivity index (χ4n) is 6.14. The number of amides is 1. The average Bonchev–Trinajstić information content (AvgIpc) is 3.52. The number of likely N-dealkylation sites (N-methyl/N-ethyl adjacent to an activating group) is 1. The number of hydrogen-bond donors (Lipinski definition) is 2. The Kier molecular flexibility index (Phi) is 8.91. The van der Waals surface area contributed by atoms with E-state index >= 15 is 0 Å². The van der Waals surface area contributed by atoms with Crippen LogP contribution in [0.1, 0.15) is 37.4 Å². The van der Waals surface area contributed by atoms with Gasteiger partial charge in [0.1, 0.15) is 24.8 Å². The van der Waals surface area contributed by atoms with Gasteiger partial charge in [0.05, 0.1) is 26.4 Å². The van der Waals surface area contributed by atoms with Crippen molar-refractivity contribution in [1.82, 2.24) is 14.8 Å². The third kappa shape index (κ3) is 6.04. The average molecular weight is 573 g/mol. The minimum absolute atomic E-state index is 0.324. The second kappa shape index (κ2) is 12.6. The van der Waals surface area contributed by atoms with Crippen molar-refractivity contribution >= 4 is 16.7 Å². The van der Waals surface area contributed by atoms with Gasteiger partial charge in [-0.1, -0.05) is 43.7 Å². The highest BCUT2D eigenvalue weighted by Gasteiger charge is 2.57. The number of carbonyl (C=O) groups is 1. The van der Waals surface area contributed by atoms with Crippen molar-refractivity contribution in [2.24, 2.45) is 5.73 Å². The molecule has 9 heteroatoms. The zero-order valence-corrected chi connectivity index (χ0v) is 24.8. The summed E-state index contributed by atoms with van der Waals surface area (Å²) in [5.74, 6) is -0.0265. The van der Waals surface area contributed by atoms with Crippen LogP contribution in [0.15, 0.2) is 73.1 Å². The van der Waals surface area contributed by atoms with Crippen LogP contribution in [0.5, 0.6) is 5.88 Å².